The number of nitrogens with zero attached hydrogens (tertiary/aromatic N) is 2. The molecule has 2 aromatic carbocycles. The standard InChI is InChI=1S/C22H23F2N3O3S2.C2HF3O2/c1-2-17-19(30-16-8-9-27(12-16)11-15-6-4-3-5-7-15)10-18(23)22(21(17)24)32(28,29)26-20-13-31-14-25-20;3-2(4,5)1(6)7/h3-7,10,13-14,16,26H,2,8-9,11-12H2,1H3;(H,6,7). The Hall–Kier alpha value is -3.30. The summed E-state index contributed by atoms with van der Waals surface area (Å²) >= 11 is 1.16. The number of aliphatic carboxylic acids is 1. The summed E-state index contributed by atoms with van der Waals surface area (Å²) in [5.74, 6) is -5.04. The Kier molecular flexibility index (Phi) is 9.85. The van der Waals surface area contributed by atoms with Crippen LogP contribution in [0.4, 0.5) is 27.8 Å². The van der Waals surface area contributed by atoms with Crippen molar-refractivity contribution in [3.05, 3.63) is 70.1 Å². The number of ether oxygens (including phenoxy) is 1. The first-order valence-corrected chi connectivity index (χ1v) is 13.9. The highest BCUT2D eigenvalue weighted by atomic mass is 32.2. The van der Waals surface area contributed by atoms with Crippen LogP contribution in [0.1, 0.15) is 24.5 Å². The molecule has 39 heavy (non-hydrogen) atoms. The minimum atomic E-state index is -5.08. The number of carboxylic acids is 1. The zero-order chi connectivity index (χ0) is 28.8. The number of alkyl halides is 3. The number of hydrogen-bond acceptors (Lipinski definition) is 7. The van der Waals surface area contributed by atoms with Gasteiger partial charge in [-0.25, -0.2) is 27.0 Å². The van der Waals surface area contributed by atoms with E-state index in [0.29, 0.717) is 13.0 Å². The molecule has 1 atom stereocenters. The number of anilines is 1. The maximum absolute atomic E-state index is 15.2. The van der Waals surface area contributed by atoms with Gasteiger partial charge in [-0.05, 0) is 18.4 Å². The Morgan fingerprint density at radius 3 is 2.49 bits per heavy atom. The van der Waals surface area contributed by atoms with Gasteiger partial charge in [0.05, 0.1) is 5.51 Å². The van der Waals surface area contributed by atoms with Crippen LogP contribution in [0, 0.1) is 11.6 Å². The van der Waals surface area contributed by atoms with Crippen molar-refractivity contribution in [1.82, 2.24) is 9.88 Å². The molecule has 0 saturated carbocycles. The summed E-state index contributed by atoms with van der Waals surface area (Å²) in [7, 11) is -4.48. The molecule has 1 aliphatic rings. The zero-order valence-electron chi connectivity index (χ0n) is 20.4. The Bertz CT molecular complexity index is 1370. The summed E-state index contributed by atoms with van der Waals surface area (Å²) in [6.07, 6.45) is -4.45. The number of benzene rings is 2. The fraction of sp³-hybridized carbons (Fsp3) is 0.333. The van der Waals surface area contributed by atoms with Gasteiger partial charge in [0.2, 0.25) is 0 Å². The van der Waals surface area contributed by atoms with E-state index in [1.54, 1.807) is 6.92 Å². The van der Waals surface area contributed by atoms with Crippen molar-refractivity contribution >= 4 is 33.1 Å². The molecule has 0 spiro atoms. The van der Waals surface area contributed by atoms with E-state index >= 15 is 4.39 Å². The third-order valence-electron chi connectivity index (χ3n) is 5.54. The summed E-state index contributed by atoms with van der Waals surface area (Å²) in [5.41, 5.74) is 2.63. The maximum atomic E-state index is 15.2. The van der Waals surface area contributed by atoms with Crippen LogP contribution in [0.3, 0.4) is 0 Å². The van der Waals surface area contributed by atoms with Crippen molar-refractivity contribution in [3.63, 3.8) is 0 Å². The molecule has 2 N–H and O–H groups in total. The van der Waals surface area contributed by atoms with Gasteiger partial charge in [0.15, 0.2) is 16.5 Å². The third-order valence-corrected chi connectivity index (χ3v) is 7.52. The predicted molar refractivity (Wildman–Crippen MR) is 133 cm³/mol. The van der Waals surface area contributed by atoms with Crippen molar-refractivity contribution in [2.24, 2.45) is 0 Å². The Balaban J connectivity index is 0.000000532. The van der Waals surface area contributed by atoms with Crippen LogP contribution in [0.15, 0.2) is 52.2 Å². The molecule has 0 aliphatic carbocycles. The van der Waals surface area contributed by atoms with Crippen molar-refractivity contribution in [1.29, 1.82) is 0 Å². The molecule has 8 nitrogen and oxygen atoms in total. The molecule has 15 heteroatoms. The largest absolute Gasteiger partial charge is 0.490 e. The van der Waals surface area contributed by atoms with Crippen molar-refractivity contribution in [2.45, 2.75) is 43.5 Å². The first-order chi connectivity index (χ1) is 18.3. The molecule has 3 aromatic rings. The molecule has 1 unspecified atom stereocenters. The molecule has 1 aromatic heterocycles. The normalized spacial score (nSPS) is 15.9. The average molecular weight is 594 g/mol. The number of rotatable bonds is 8. The first kappa shape index (κ1) is 30.2. The van der Waals surface area contributed by atoms with Crippen LogP contribution in [-0.4, -0.2) is 54.7 Å². The van der Waals surface area contributed by atoms with Crippen LogP contribution in [0.25, 0.3) is 0 Å². The third kappa shape index (κ3) is 8.10. The minimum absolute atomic E-state index is 0.0108. The average Bonchev–Trinajstić information content (AvgIpc) is 3.51. The van der Waals surface area contributed by atoms with E-state index in [9.17, 15) is 26.0 Å². The van der Waals surface area contributed by atoms with Gasteiger partial charge in [-0.3, -0.25) is 9.62 Å². The number of hydrogen-bond donors (Lipinski definition) is 2. The van der Waals surface area contributed by atoms with Crippen LogP contribution in [0.2, 0.25) is 0 Å². The number of sulfonamides is 1. The summed E-state index contributed by atoms with van der Waals surface area (Å²) in [6.45, 7) is 3.86. The number of aromatic nitrogens is 1. The topological polar surface area (TPSA) is 109 Å². The van der Waals surface area contributed by atoms with Crippen LogP contribution in [-0.2, 0) is 27.8 Å². The van der Waals surface area contributed by atoms with Gasteiger partial charge in [-0.15, -0.1) is 11.3 Å². The molecule has 1 aliphatic heterocycles. The molecular formula is C24H24F5N3O5S2. The Labute approximate surface area is 225 Å². The molecule has 0 radical (unpaired) electrons. The number of halogens is 5. The summed E-state index contributed by atoms with van der Waals surface area (Å²) in [4.78, 5) is 13.9. The predicted octanol–water partition coefficient (Wildman–Crippen LogP) is 5.07. The van der Waals surface area contributed by atoms with Crippen LogP contribution in [0.5, 0.6) is 5.75 Å². The minimum Gasteiger partial charge on any atom is -0.489 e. The highest BCUT2D eigenvalue weighted by Gasteiger charge is 2.38. The second-order valence-corrected chi connectivity index (χ2v) is 10.7. The Morgan fingerprint density at radius 1 is 1.26 bits per heavy atom. The maximum Gasteiger partial charge on any atom is 0.490 e. The lowest BCUT2D eigenvalue weighted by Gasteiger charge is -2.20. The van der Waals surface area contributed by atoms with Crippen molar-refractivity contribution in [2.75, 3.05) is 17.8 Å². The van der Waals surface area contributed by atoms with E-state index in [1.165, 1.54) is 16.5 Å². The number of nitrogens with one attached hydrogen (secondary N) is 1. The molecule has 2 heterocycles. The monoisotopic (exact) mass is 593 g/mol. The van der Waals surface area contributed by atoms with Gasteiger partial charge >= 0.3 is 12.1 Å². The summed E-state index contributed by atoms with van der Waals surface area (Å²) in [5, 5.41) is 8.56. The molecule has 212 valence electrons. The summed E-state index contributed by atoms with van der Waals surface area (Å²) < 4.78 is 95.0. The van der Waals surface area contributed by atoms with E-state index in [1.807, 2.05) is 30.3 Å². The van der Waals surface area contributed by atoms with Gasteiger partial charge < -0.3 is 9.84 Å². The van der Waals surface area contributed by atoms with E-state index in [-0.39, 0.29) is 29.7 Å². The number of likely N-dealkylation sites (tertiary alicyclic amines) is 1. The molecule has 1 saturated heterocycles. The fourth-order valence-corrected chi connectivity index (χ4v) is 5.53. The molecular weight excluding hydrogens is 569 g/mol. The summed E-state index contributed by atoms with van der Waals surface area (Å²) in [6, 6.07) is 11.0. The quantitative estimate of drug-likeness (QED) is 0.351. The molecule has 0 amide bonds. The molecule has 0 bridgehead atoms. The van der Waals surface area contributed by atoms with E-state index in [4.69, 9.17) is 14.6 Å². The Morgan fingerprint density at radius 2 is 1.92 bits per heavy atom. The highest BCUT2D eigenvalue weighted by Crippen LogP contribution is 2.33. The van der Waals surface area contributed by atoms with E-state index in [2.05, 4.69) is 14.6 Å². The smallest absolute Gasteiger partial charge is 0.489 e. The second-order valence-electron chi connectivity index (χ2n) is 8.36. The highest BCUT2D eigenvalue weighted by molar-refractivity contribution is 7.92. The van der Waals surface area contributed by atoms with Crippen LogP contribution >= 0.6 is 11.3 Å². The number of carbonyl (C=O) groups is 1. The van der Waals surface area contributed by atoms with Gasteiger partial charge in [-0.1, -0.05) is 37.3 Å². The lowest BCUT2D eigenvalue weighted by molar-refractivity contribution is -0.192. The van der Waals surface area contributed by atoms with Gasteiger partial charge in [0.25, 0.3) is 10.0 Å². The van der Waals surface area contributed by atoms with Crippen molar-refractivity contribution < 1.29 is 45.0 Å². The zero-order valence-corrected chi connectivity index (χ0v) is 22.0. The van der Waals surface area contributed by atoms with Crippen LogP contribution < -0.4 is 9.46 Å². The first-order valence-electron chi connectivity index (χ1n) is 11.5. The lowest BCUT2D eigenvalue weighted by atomic mass is 10.1. The second kappa shape index (κ2) is 12.7. The fourth-order valence-electron chi connectivity index (χ4n) is 3.81. The SMILES string of the molecule is CCc1c(OC2CCN(Cc3ccccc3)C2)cc(F)c(S(=O)(=O)Nc2cscn2)c1F.O=C(O)C(F)(F)F. The number of thiazole rings is 1. The lowest BCUT2D eigenvalue weighted by Crippen LogP contribution is -2.25. The van der Waals surface area contributed by atoms with E-state index < -0.39 is 38.7 Å². The molecule has 4 rings (SSSR count). The van der Waals surface area contributed by atoms with Crippen molar-refractivity contribution in [3.8, 4) is 5.75 Å². The van der Waals surface area contributed by atoms with Gasteiger partial charge in [0.1, 0.15) is 17.7 Å². The molecule has 1 fully saturated rings. The van der Waals surface area contributed by atoms with Gasteiger partial charge in [0, 0.05) is 36.6 Å². The number of carboxylic acid groups (broad SMARTS) is 1. The van der Waals surface area contributed by atoms with E-state index in [0.717, 1.165) is 30.5 Å². The van der Waals surface area contributed by atoms with Gasteiger partial charge in [-0.2, -0.15) is 13.2 Å².